The zero-order valence-corrected chi connectivity index (χ0v) is 8.16. The number of ether oxygens (including phenoxy) is 1. The molecule has 0 amide bonds. The van der Waals surface area contributed by atoms with E-state index in [1.807, 2.05) is 44.2 Å². The molecule has 0 aromatic heterocycles. The van der Waals surface area contributed by atoms with Crippen molar-refractivity contribution < 1.29 is 9.84 Å². The highest BCUT2D eigenvalue weighted by Crippen LogP contribution is 2.11. The molecular formula is C11H16O2. The van der Waals surface area contributed by atoms with Crippen LogP contribution in [0.15, 0.2) is 30.3 Å². The maximum absolute atomic E-state index is 8.95. The van der Waals surface area contributed by atoms with Crippen molar-refractivity contribution in [2.24, 2.45) is 0 Å². The lowest BCUT2D eigenvalue weighted by Gasteiger charge is -2.22. The third-order valence-electron chi connectivity index (χ3n) is 1.85. The summed E-state index contributed by atoms with van der Waals surface area (Å²) in [6.07, 6.45) is 0. The Balaban J connectivity index is 2.44. The summed E-state index contributed by atoms with van der Waals surface area (Å²) in [5.41, 5.74) is 0.680. The first-order valence-electron chi connectivity index (χ1n) is 4.43. The Morgan fingerprint density at radius 2 is 1.85 bits per heavy atom. The maximum atomic E-state index is 8.95. The molecule has 0 aliphatic heterocycles. The van der Waals surface area contributed by atoms with E-state index in [-0.39, 0.29) is 6.61 Å². The Morgan fingerprint density at radius 3 is 2.38 bits per heavy atom. The highest BCUT2D eigenvalue weighted by molar-refractivity contribution is 5.13. The second-order valence-electron chi connectivity index (χ2n) is 3.69. The van der Waals surface area contributed by atoms with Gasteiger partial charge in [-0.1, -0.05) is 30.3 Å². The topological polar surface area (TPSA) is 29.5 Å². The van der Waals surface area contributed by atoms with Crippen molar-refractivity contribution in [3.05, 3.63) is 35.9 Å². The summed E-state index contributed by atoms with van der Waals surface area (Å²) < 4.78 is 5.51. The van der Waals surface area contributed by atoms with Gasteiger partial charge in [0, 0.05) is 0 Å². The molecule has 2 heteroatoms. The monoisotopic (exact) mass is 180 g/mol. The molecule has 0 heterocycles. The molecule has 13 heavy (non-hydrogen) atoms. The van der Waals surface area contributed by atoms with Crippen molar-refractivity contribution in [1.29, 1.82) is 0 Å². The Bertz CT molecular complexity index is 242. The lowest BCUT2D eigenvalue weighted by molar-refractivity contribution is -0.0633. The van der Waals surface area contributed by atoms with Crippen LogP contribution >= 0.6 is 0 Å². The van der Waals surface area contributed by atoms with Gasteiger partial charge in [0.1, 0.15) is 0 Å². The molecular weight excluding hydrogens is 164 g/mol. The minimum atomic E-state index is -0.449. The molecule has 1 N–H and O–H groups in total. The number of aliphatic hydroxyl groups is 1. The fraction of sp³-hybridized carbons (Fsp3) is 0.455. The smallest absolute Gasteiger partial charge is 0.0860 e. The molecule has 2 nitrogen and oxygen atoms in total. The summed E-state index contributed by atoms with van der Waals surface area (Å²) >= 11 is 0. The van der Waals surface area contributed by atoms with E-state index in [2.05, 4.69) is 0 Å². The van der Waals surface area contributed by atoms with Crippen LogP contribution in [0.2, 0.25) is 0 Å². The molecule has 0 aliphatic rings. The third-order valence-corrected chi connectivity index (χ3v) is 1.85. The Morgan fingerprint density at radius 1 is 1.23 bits per heavy atom. The molecule has 72 valence electrons. The predicted octanol–water partition coefficient (Wildman–Crippen LogP) is 1.97. The Hall–Kier alpha value is -0.860. The summed E-state index contributed by atoms with van der Waals surface area (Å²) in [6.45, 7) is 4.33. The van der Waals surface area contributed by atoms with E-state index >= 15 is 0 Å². The van der Waals surface area contributed by atoms with Crippen LogP contribution in [0.25, 0.3) is 0 Å². The molecule has 0 saturated carbocycles. The second kappa shape index (κ2) is 4.40. The molecule has 1 rings (SSSR count). The highest BCUT2D eigenvalue weighted by Gasteiger charge is 2.16. The van der Waals surface area contributed by atoms with E-state index in [1.165, 1.54) is 0 Å². The van der Waals surface area contributed by atoms with Gasteiger partial charge in [-0.15, -0.1) is 0 Å². The highest BCUT2D eigenvalue weighted by atomic mass is 16.5. The average Bonchev–Trinajstić information content (AvgIpc) is 2.17. The Labute approximate surface area is 79.2 Å². The SMILES string of the molecule is CC(C)(CO)OCc1ccccc1. The lowest BCUT2D eigenvalue weighted by Crippen LogP contribution is -2.28. The quantitative estimate of drug-likeness (QED) is 0.767. The summed E-state index contributed by atoms with van der Waals surface area (Å²) in [4.78, 5) is 0. The zero-order chi connectivity index (χ0) is 9.73. The molecule has 0 radical (unpaired) electrons. The van der Waals surface area contributed by atoms with Gasteiger partial charge in [-0.05, 0) is 19.4 Å². The van der Waals surface area contributed by atoms with Crippen LogP contribution in [0, 0.1) is 0 Å². The maximum Gasteiger partial charge on any atom is 0.0860 e. The minimum Gasteiger partial charge on any atom is -0.393 e. The molecule has 0 atom stereocenters. The van der Waals surface area contributed by atoms with E-state index in [0.717, 1.165) is 5.56 Å². The van der Waals surface area contributed by atoms with Crippen LogP contribution in [0.4, 0.5) is 0 Å². The summed E-state index contributed by atoms with van der Waals surface area (Å²) in [5, 5.41) is 8.95. The van der Waals surface area contributed by atoms with E-state index in [4.69, 9.17) is 9.84 Å². The fourth-order valence-corrected chi connectivity index (χ4v) is 0.899. The van der Waals surface area contributed by atoms with Crippen molar-refractivity contribution in [2.45, 2.75) is 26.1 Å². The summed E-state index contributed by atoms with van der Waals surface area (Å²) in [7, 11) is 0. The Kier molecular flexibility index (Phi) is 3.46. The first-order valence-corrected chi connectivity index (χ1v) is 4.43. The average molecular weight is 180 g/mol. The molecule has 0 saturated heterocycles. The van der Waals surface area contributed by atoms with Crippen LogP contribution in [0.5, 0.6) is 0 Å². The second-order valence-corrected chi connectivity index (χ2v) is 3.69. The number of benzene rings is 1. The van der Waals surface area contributed by atoms with Crippen molar-refractivity contribution in [2.75, 3.05) is 6.61 Å². The van der Waals surface area contributed by atoms with E-state index in [9.17, 15) is 0 Å². The zero-order valence-electron chi connectivity index (χ0n) is 8.16. The molecule has 1 aromatic carbocycles. The van der Waals surface area contributed by atoms with E-state index < -0.39 is 5.60 Å². The lowest BCUT2D eigenvalue weighted by atomic mass is 10.1. The van der Waals surface area contributed by atoms with Crippen LogP contribution in [-0.4, -0.2) is 17.3 Å². The van der Waals surface area contributed by atoms with E-state index in [1.54, 1.807) is 0 Å². The van der Waals surface area contributed by atoms with Crippen LogP contribution in [-0.2, 0) is 11.3 Å². The normalized spacial score (nSPS) is 11.6. The van der Waals surface area contributed by atoms with Gasteiger partial charge in [-0.25, -0.2) is 0 Å². The van der Waals surface area contributed by atoms with Gasteiger partial charge in [0.15, 0.2) is 0 Å². The number of hydrogen-bond acceptors (Lipinski definition) is 2. The van der Waals surface area contributed by atoms with Crippen molar-refractivity contribution in [3.8, 4) is 0 Å². The number of aliphatic hydroxyl groups excluding tert-OH is 1. The summed E-state index contributed by atoms with van der Waals surface area (Å²) in [6, 6.07) is 9.94. The molecule has 0 bridgehead atoms. The van der Waals surface area contributed by atoms with Gasteiger partial charge in [-0.2, -0.15) is 0 Å². The van der Waals surface area contributed by atoms with Crippen LogP contribution < -0.4 is 0 Å². The largest absolute Gasteiger partial charge is 0.393 e. The van der Waals surface area contributed by atoms with Crippen LogP contribution in [0.3, 0.4) is 0 Å². The van der Waals surface area contributed by atoms with Crippen molar-refractivity contribution >= 4 is 0 Å². The number of rotatable bonds is 4. The van der Waals surface area contributed by atoms with E-state index in [0.29, 0.717) is 6.61 Å². The molecule has 1 aromatic rings. The van der Waals surface area contributed by atoms with Gasteiger partial charge in [0.2, 0.25) is 0 Å². The molecule has 0 aliphatic carbocycles. The van der Waals surface area contributed by atoms with Gasteiger partial charge in [0.25, 0.3) is 0 Å². The fourth-order valence-electron chi connectivity index (χ4n) is 0.899. The first kappa shape index (κ1) is 10.2. The van der Waals surface area contributed by atoms with Gasteiger partial charge in [0.05, 0.1) is 18.8 Å². The predicted molar refractivity (Wildman–Crippen MR) is 52.4 cm³/mol. The van der Waals surface area contributed by atoms with Gasteiger partial charge >= 0.3 is 0 Å². The van der Waals surface area contributed by atoms with Gasteiger partial charge < -0.3 is 9.84 Å². The molecule has 0 fully saturated rings. The molecule has 0 spiro atoms. The molecule has 0 unspecified atom stereocenters. The van der Waals surface area contributed by atoms with Gasteiger partial charge in [-0.3, -0.25) is 0 Å². The summed E-state index contributed by atoms with van der Waals surface area (Å²) in [5.74, 6) is 0. The van der Waals surface area contributed by atoms with Crippen molar-refractivity contribution in [3.63, 3.8) is 0 Å². The van der Waals surface area contributed by atoms with Crippen LogP contribution in [0.1, 0.15) is 19.4 Å². The first-order chi connectivity index (χ1) is 6.14. The minimum absolute atomic E-state index is 0.0415. The van der Waals surface area contributed by atoms with Crippen molar-refractivity contribution in [1.82, 2.24) is 0 Å². The number of hydrogen-bond donors (Lipinski definition) is 1. The third kappa shape index (κ3) is 3.57. The standard InChI is InChI=1S/C11H16O2/c1-11(2,9-12)13-8-10-6-4-3-5-7-10/h3-7,12H,8-9H2,1-2H3.